The highest BCUT2D eigenvalue weighted by molar-refractivity contribution is 6.13. The van der Waals surface area contributed by atoms with Crippen molar-refractivity contribution in [3.05, 3.63) is 255 Å². The molecule has 64 heavy (non-hydrogen) atoms. The molecule has 0 unspecified atom stereocenters. The van der Waals surface area contributed by atoms with E-state index in [9.17, 15) is 0 Å². The van der Waals surface area contributed by atoms with E-state index in [1.54, 1.807) is 0 Å². The zero-order valence-electron chi connectivity index (χ0n) is 35.1. The van der Waals surface area contributed by atoms with Crippen LogP contribution >= 0.6 is 0 Å². The molecule has 0 amide bonds. The maximum absolute atomic E-state index is 2.44. The molecule has 0 fully saturated rings. The minimum Gasteiger partial charge on any atom is -0.310 e. The summed E-state index contributed by atoms with van der Waals surface area (Å²) in [5, 5.41) is 7.46. The summed E-state index contributed by atoms with van der Waals surface area (Å²) in [7, 11) is 0. The zero-order chi connectivity index (χ0) is 42.4. The summed E-state index contributed by atoms with van der Waals surface area (Å²) in [6.45, 7) is 0. The van der Waals surface area contributed by atoms with Gasteiger partial charge in [-0.2, -0.15) is 0 Å². The summed E-state index contributed by atoms with van der Waals surface area (Å²) in [6.07, 6.45) is 0. The van der Waals surface area contributed by atoms with Gasteiger partial charge in [-0.15, -0.1) is 0 Å². The largest absolute Gasteiger partial charge is 0.310 e. The van der Waals surface area contributed by atoms with Crippen LogP contribution in [0.25, 0.3) is 93.5 Å². The van der Waals surface area contributed by atoms with Gasteiger partial charge >= 0.3 is 0 Å². The highest BCUT2D eigenvalue weighted by Gasteiger charge is 2.19. The first kappa shape index (κ1) is 37.3. The second-order valence-electron chi connectivity index (χ2n) is 16.6. The number of hydrogen-bond donors (Lipinski definition) is 0. The first-order chi connectivity index (χ1) is 31.7. The predicted molar refractivity (Wildman–Crippen MR) is 272 cm³/mol. The number of aromatic nitrogens is 1. The van der Waals surface area contributed by atoms with Crippen LogP contribution in [0.4, 0.5) is 17.1 Å². The highest BCUT2D eigenvalue weighted by atomic mass is 15.1. The Kier molecular flexibility index (Phi) is 9.20. The van der Waals surface area contributed by atoms with E-state index in [0.29, 0.717) is 0 Å². The molecule has 2 nitrogen and oxygen atoms in total. The van der Waals surface area contributed by atoms with Crippen LogP contribution in [0.1, 0.15) is 0 Å². The summed E-state index contributed by atoms with van der Waals surface area (Å²) in [6, 6.07) is 92.9. The van der Waals surface area contributed by atoms with Gasteiger partial charge in [0, 0.05) is 33.5 Å². The van der Waals surface area contributed by atoms with Crippen LogP contribution in [0.15, 0.2) is 255 Å². The van der Waals surface area contributed by atoms with E-state index < -0.39 is 0 Å². The molecule has 0 aliphatic rings. The third-order valence-corrected chi connectivity index (χ3v) is 12.7. The van der Waals surface area contributed by atoms with Gasteiger partial charge in [-0.25, -0.2) is 0 Å². The molecule has 0 spiro atoms. The molecule has 0 aliphatic carbocycles. The molecule has 0 aliphatic heterocycles. The number of benzene rings is 11. The average Bonchev–Trinajstić information content (AvgIpc) is 3.69. The highest BCUT2D eigenvalue weighted by Crippen LogP contribution is 2.43. The van der Waals surface area contributed by atoms with E-state index in [2.05, 4.69) is 264 Å². The van der Waals surface area contributed by atoms with Gasteiger partial charge in [-0.05, 0) is 139 Å². The third kappa shape index (κ3) is 6.70. The Morgan fingerprint density at radius 2 is 0.812 bits per heavy atom. The number of rotatable bonds is 8. The van der Waals surface area contributed by atoms with Crippen LogP contribution in [-0.4, -0.2) is 4.57 Å². The van der Waals surface area contributed by atoms with Gasteiger partial charge in [0.2, 0.25) is 0 Å². The van der Waals surface area contributed by atoms with Crippen LogP contribution in [-0.2, 0) is 0 Å². The number of fused-ring (bicyclic) bond motifs is 5. The van der Waals surface area contributed by atoms with E-state index in [-0.39, 0.29) is 0 Å². The van der Waals surface area contributed by atoms with Crippen molar-refractivity contribution in [1.29, 1.82) is 0 Å². The number of nitrogens with zero attached hydrogens (tertiary/aromatic N) is 2. The maximum Gasteiger partial charge on any atom is 0.0547 e. The Hall–Kier alpha value is -8.46. The second-order valence-corrected chi connectivity index (χ2v) is 16.6. The van der Waals surface area contributed by atoms with Crippen molar-refractivity contribution in [3.8, 4) is 50.2 Å². The lowest BCUT2D eigenvalue weighted by Gasteiger charge is -2.27. The topological polar surface area (TPSA) is 8.17 Å². The molecule has 0 radical (unpaired) electrons. The molecule has 11 aromatic carbocycles. The number of anilines is 3. The number of para-hydroxylation sites is 1. The Morgan fingerprint density at radius 3 is 1.61 bits per heavy atom. The molecular weight excluding hydrogens is 773 g/mol. The SMILES string of the molecule is c1ccc(-c2ccc(N(c3cccc(-c4ccc5ccccc5c4)c3)c3ccc(-c4ccccc4)c(-c4cccc(-n5c6ccccc6c6cc7ccccc7cc65)c4)c3)cc2)cc1. The fourth-order valence-electron chi connectivity index (χ4n) is 9.60. The lowest BCUT2D eigenvalue weighted by Crippen LogP contribution is -2.10. The second kappa shape index (κ2) is 15.8. The summed E-state index contributed by atoms with van der Waals surface area (Å²) in [4.78, 5) is 2.40. The van der Waals surface area contributed by atoms with E-state index in [1.165, 1.54) is 76.7 Å². The van der Waals surface area contributed by atoms with Crippen LogP contribution in [0.3, 0.4) is 0 Å². The smallest absolute Gasteiger partial charge is 0.0547 e. The van der Waals surface area contributed by atoms with Crippen LogP contribution < -0.4 is 4.90 Å². The molecule has 1 heterocycles. The van der Waals surface area contributed by atoms with Crippen molar-refractivity contribution in [2.45, 2.75) is 0 Å². The first-order valence-electron chi connectivity index (χ1n) is 22.0. The van der Waals surface area contributed by atoms with Gasteiger partial charge in [-0.3, -0.25) is 0 Å². The van der Waals surface area contributed by atoms with E-state index in [4.69, 9.17) is 0 Å². The van der Waals surface area contributed by atoms with Gasteiger partial charge in [0.25, 0.3) is 0 Å². The number of hydrogen-bond acceptors (Lipinski definition) is 1. The summed E-state index contributed by atoms with van der Waals surface area (Å²) >= 11 is 0. The Bertz CT molecular complexity index is 3660. The van der Waals surface area contributed by atoms with Crippen molar-refractivity contribution in [2.24, 2.45) is 0 Å². The van der Waals surface area contributed by atoms with E-state index >= 15 is 0 Å². The summed E-state index contributed by atoms with van der Waals surface area (Å²) in [5.41, 5.74) is 16.2. The van der Waals surface area contributed by atoms with Gasteiger partial charge in [0.1, 0.15) is 0 Å². The monoisotopic (exact) mass is 814 g/mol. The van der Waals surface area contributed by atoms with Crippen LogP contribution in [0, 0.1) is 0 Å². The van der Waals surface area contributed by atoms with Gasteiger partial charge < -0.3 is 9.47 Å². The molecule has 1 aromatic heterocycles. The van der Waals surface area contributed by atoms with Crippen molar-refractivity contribution < 1.29 is 0 Å². The average molecular weight is 815 g/mol. The lowest BCUT2D eigenvalue weighted by atomic mass is 9.93. The van der Waals surface area contributed by atoms with E-state index in [0.717, 1.165) is 33.9 Å². The van der Waals surface area contributed by atoms with Crippen molar-refractivity contribution in [3.63, 3.8) is 0 Å². The normalized spacial score (nSPS) is 11.4. The van der Waals surface area contributed by atoms with Gasteiger partial charge in [-0.1, -0.05) is 182 Å². The van der Waals surface area contributed by atoms with Crippen molar-refractivity contribution >= 4 is 60.4 Å². The predicted octanol–water partition coefficient (Wildman–Crippen LogP) is 17.2. The van der Waals surface area contributed by atoms with Crippen molar-refractivity contribution in [1.82, 2.24) is 4.57 Å². The standard InChI is InChI=1S/C62H42N2/c1-3-15-43(16-4-1)45-31-33-53(34-32-45)63(54-25-13-23-48(38-54)51-30-29-44-17-7-8-20-47(44)37-51)56-35-36-57(46-18-5-2-6-19-46)59(42-56)52-24-14-26-55(39-52)64-61-28-12-11-27-58(61)60-40-49-21-9-10-22-50(49)41-62(60)64/h1-42H. The fraction of sp³-hybridized carbons (Fsp3) is 0. The summed E-state index contributed by atoms with van der Waals surface area (Å²) < 4.78 is 2.44. The molecule has 0 saturated carbocycles. The fourth-order valence-corrected chi connectivity index (χ4v) is 9.60. The third-order valence-electron chi connectivity index (χ3n) is 12.7. The Labute approximate surface area is 373 Å². The molecular formula is C62H42N2. The molecule has 300 valence electrons. The van der Waals surface area contributed by atoms with Gasteiger partial charge in [0.15, 0.2) is 0 Å². The lowest BCUT2D eigenvalue weighted by molar-refractivity contribution is 1.18. The molecule has 12 rings (SSSR count). The van der Waals surface area contributed by atoms with Crippen molar-refractivity contribution in [2.75, 3.05) is 4.90 Å². The van der Waals surface area contributed by atoms with E-state index in [1.807, 2.05) is 0 Å². The molecule has 12 aromatic rings. The molecule has 0 N–H and O–H groups in total. The maximum atomic E-state index is 2.44. The van der Waals surface area contributed by atoms with Crippen LogP contribution in [0.2, 0.25) is 0 Å². The first-order valence-corrected chi connectivity index (χ1v) is 22.0. The quantitative estimate of drug-likeness (QED) is 0.148. The summed E-state index contributed by atoms with van der Waals surface area (Å²) in [5.74, 6) is 0. The Morgan fingerprint density at radius 1 is 0.250 bits per heavy atom. The molecule has 0 saturated heterocycles. The Balaban J connectivity index is 1.04. The zero-order valence-corrected chi connectivity index (χ0v) is 35.1. The molecule has 0 bridgehead atoms. The molecule has 2 heteroatoms. The minimum absolute atomic E-state index is 1.08. The van der Waals surface area contributed by atoms with Crippen LogP contribution in [0.5, 0.6) is 0 Å². The molecule has 0 atom stereocenters. The minimum atomic E-state index is 1.08. The van der Waals surface area contributed by atoms with Gasteiger partial charge in [0.05, 0.1) is 11.0 Å².